The van der Waals surface area contributed by atoms with Crippen molar-refractivity contribution in [3.8, 4) is 11.3 Å². The first-order chi connectivity index (χ1) is 12.4. The first-order valence-electron chi connectivity index (χ1n) is 7.92. The van der Waals surface area contributed by atoms with Crippen LogP contribution in [-0.2, 0) is 4.79 Å². The lowest BCUT2D eigenvalue weighted by Gasteiger charge is -2.10. The van der Waals surface area contributed by atoms with Crippen LogP contribution in [0.15, 0.2) is 40.9 Å². The fourth-order valence-electron chi connectivity index (χ4n) is 2.25. The third-order valence-electron chi connectivity index (χ3n) is 3.49. The number of benzene rings is 1. The van der Waals surface area contributed by atoms with Crippen molar-refractivity contribution in [3.05, 3.63) is 52.1 Å². The summed E-state index contributed by atoms with van der Waals surface area (Å²) in [5.41, 5.74) is 3.54. The molecule has 0 spiro atoms. The van der Waals surface area contributed by atoms with Crippen LogP contribution in [0.3, 0.4) is 0 Å². The van der Waals surface area contributed by atoms with Gasteiger partial charge in [-0.15, -0.1) is 11.3 Å². The Morgan fingerprint density at radius 1 is 1.15 bits per heavy atom. The smallest absolute Gasteiger partial charge is 0.239 e. The van der Waals surface area contributed by atoms with E-state index >= 15 is 0 Å². The molecule has 1 N–H and O–H groups in total. The minimum absolute atomic E-state index is 0.130. The number of aryl methyl sites for hydroxylation is 2. The lowest BCUT2D eigenvalue weighted by molar-refractivity contribution is -0.115. The van der Waals surface area contributed by atoms with Crippen molar-refractivity contribution in [2.45, 2.75) is 31.2 Å². The molecular weight excluding hydrogens is 388 g/mol. The van der Waals surface area contributed by atoms with Crippen LogP contribution in [0.25, 0.3) is 11.3 Å². The van der Waals surface area contributed by atoms with Gasteiger partial charge in [0.25, 0.3) is 0 Å². The van der Waals surface area contributed by atoms with E-state index < -0.39 is 0 Å². The number of nitrogens with zero attached hydrogens (tertiary/aromatic N) is 3. The highest BCUT2D eigenvalue weighted by Gasteiger charge is 2.18. The molecular formula is C18H17ClN4OS2. The van der Waals surface area contributed by atoms with Crippen LogP contribution in [0.2, 0.25) is 5.02 Å². The standard InChI is InChI=1S/C18H17ClN4OS2/c1-10-8-11(2)21-18(20-10)26-12(3)16(24)23-17-22-15(9-25-17)13-4-6-14(19)7-5-13/h4-9,12H,1-3H3,(H,22,23,24). The molecule has 3 rings (SSSR count). The van der Waals surface area contributed by atoms with Gasteiger partial charge < -0.3 is 5.32 Å². The zero-order chi connectivity index (χ0) is 18.7. The molecule has 8 heteroatoms. The highest BCUT2D eigenvalue weighted by atomic mass is 35.5. The van der Waals surface area contributed by atoms with Crippen LogP contribution in [0.1, 0.15) is 18.3 Å². The molecule has 1 aromatic carbocycles. The molecule has 5 nitrogen and oxygen atoms in total. The fraction of sp³-hybridized carbons (Fsp3) is 0.222. The summed E-state index contributed by atoms with van der Waals surface area (Å²) < 4.78 is 0. The highest BCUT2D eigenvalue weighted by molar-refractivity contribution is 8.00. The van der Waals surface area contributed by atoms with E-state index in [1.165, 1.54) is 23.1 Å². The van der Waals surface area contributed by atoms with Gasteiger partial charge in [-0.2, -0.15) is 0 Å². The number of aromatic nitrogens is 3. The number of halogens is 1. The molecule has 3 aromatic rings. The van der Waals surface area contributed by atoms with Crippen molar-refractivity contribution in [2.75, 3.05) is 5.32 Å². The molecule has 0 saturated heterocycles. The van der Waals surface area contributed by atoms with Gasteiger partial charge >= 0.3 is 0 Å². The second kappa shape index (κ2) is 8.16. The minimum Gasteiger partial charge on any atom is -0.301 e. The van der Waals surface area contributed by atoms with Crippen molar-refractivity contribution in [1.82, 2.24) is 15.0 Å². The van der Waals surface area contributed by atoms with Crippen molar-refractivity contribution in [2.24, 2.45) is 0 Å². The third kappa shape index (κ3) is 4.81. The average Bonchev–Trinajstić information content (AvgIpc) is 3.03. The Morgan fingerprint density at radius 3 is 2.46 bits per heavy atom. The van der Waals surface area contributed by atoms with Crippen LogP contribution < -0.4 is 5.32 Å². The molecule has 2 heterocycles. The highest BCUT2D eigenvalue weighted by Crippen LogP contribution is 2.27. The van der Waals surface area contributed by atoms with E-state index in [4.69, 9.17) is 11.6 Å². The summed E-state index contributed by atoms with van der Waals surface area (Å²) in [6.07, 6.45) is 0. The first kappa shape index (κ1) is 18.8. The molecule has 1 atom stereocenters. The summed E-state index contributed by atoms with van der Waals surface area (Å²) in [4.78, 5) is 25.6. The molecule has 134 valence electrons. The van der Waals surface area contributed by atoms with Gasteiger partial charge in [0.2, 0.25) is 5.91 Å². The van der Waals surface area contributed by atoms with E-state index in [2.05, 4.69) is 20.3 Å². The fourth-order valence-corrected chi connectivity index (χ4v) is 3.97. The molecule has 0 aliphatic rings. The SMILES string of the molecule is Cc1cc(C)nc(SC(C)C(=O)Nc2nc(-c3ccc(Cl)cc3)cs2)n1. The molecule has 0 aliphatic carbocycles. The molecule has 26 heavy (non-hydrogen) atoms. The molecule has 1 amide bonds. The van der Waals surface area contributed by atoms with Crippen LogP contribution in [0, 0.1) is 13.8 Å². The van der Waals surface area contributed by atoms with E-state index in [0.717, 1.165) is 22.6 Å². The van der Waals surface area contributed by atoms with Gasteiger partial charge in [-0.05, 0) is 39.0 Å². The quantitative estimate of drug-likeness (QED) is 0.479. The molecule has 0 saturated carbocycles. The Balaban J connectivity index is 1.65. The molecule has 0 aliphatic heterocycles. The normalized spacial score (nSPS) is 12.0. The largest absolute Gasteiger partial charge is 0.301 e. The van der Waals surface area contributed by atoms with Crippen LogP contribution >= 0.6 is 34.7 Å². The summed E-state index contributed by atoms with van der Waals surface area (Å²) in [6, 6.07) is 9.34. The van der Waals surface area contributed by atoms with Gasteiger partial charge in [-0.3, -0.25) is 4.79 Å². The predicted octanol–water partition coefficient (Wildman–Crippen LogP) is 4.99. The summed E-state index contributed by atoms with van der Waals surface area (Å²) in [6.45, 7) is 5.66. The van der Waals surface area contributed by atoms with Gasteiger partial charge in [-0.25, -0.2) is 15.0 Å². The monoisotopic (exact) mass is 404 g/mol. The van der Waals surface area contributed by atoms with Crippen molar-refractivity contribution < 1.29 is 4.79 Å². The summed E-state index contributed by atoms with van der Waals surface area (Å²) in [7, 11) is 0. The molecule has 0 bridgehead atoms. The Morgan fingerprint density at radius 2 is 1.81 bits per heavy atom. The molecule has 2 aromatic heterocycles. The van der Waals surface area contributed by atoms with Gasteiger partial charge in [0.05, 0.1) is 10.9 Å². The topological polar surface area (TPSA) is 67.8 Å². The number of thioether (sulfide) groups is 1. The summed E-state index contributed by atoms with van der Waals surface area (Å²) in [5.74, 6) is -0.130. The molecule has 0 fully saturated rings. The zero-order valence-electron chi connectivity index (χ0n) is 14.5. The van der Waals surface area contributed by atoms with Crippen LogP contribution in [0.4, 0.5) is 5.13 Å². The van der Waals surface area contributed by atoms with E-state index in [-0.39, 0.29) is 11.2 Å². The Hall–Kier alpha value is -1.96. The Labute approximate surface area is 165 Å². The van der Waals surface area contributed by atoms with E-state index in [1.54, 1.807) is 0 Å². The lowest BCUT2D eigenvalue weighted by Crippen LogP contribution is -2.22. The summed E-state index contributed by atoms with van der Waals surface area (Å²) in [5, 5.41) is 6.28. The number of carbonyl (C=O) groups excluding carboxylic acids is 1. The van der Waals surface area contributed by atoms with Crippen molar-refractivity contribution in [1.29, 1.82) is 0 Å². The predicted molar refractivity (Wildman–Crippen MR) is 108 cm³/mol. The number of amides is 1. The number of rotatable bonds is 5. The van der Waals surface area contributed by atoms with Crippen molar-refractivity contribution in [3.63, 3.8) is 0 Å². The molecule has 0 radical (unpaired) electrons. The van der Waals surface area contributed by atoms with Gasteiger partial charge in [0.1, 0.15) is 0 Å². The maximum atomic E-state index is 12.4. The lowest BCUT2D eigenvalue weighted by atomic mass is 10.2. The Bertz CT molecular complexity index is 907. The zero-order valence-corrected chi connectivity index (χ0v) is 16.9. The van der Waals surface area contributed by atoms with E-state index in [9.17, 15) is 4.79 Å². The van der Waals surface area contributed by atoms with Crippen LogP contribution in [0.5, 0.6) is 0 Å². The number of thiazole rings is 1. The molecule has 1 unspecified atom stereocenters. The first-order valence-corrected chi connectivity index (χ1v) is 10.1. The third-order valence-corrected chi connectivity index (χ3v) is 5.46. The number of anilines is 1. The maximum absolute atomic E-state index is 12.4. The minimum atomic E-state index is -0.334. The summed E-state index contributed by atoms with van der Waals surface area (Å²) >= 11 is 8.63. The Kier molecular flexibility index (Phi) is 5.90. The number of carbonyl (C=O) groups is 1. The van der Waals surface area contributed by atoms with Gasteiger partial charge in [0.15, 0.2) is 10.3 Å². The number of hydrogen-bond acceptors (Lipinski definition) is 6. The maximum Gasteiger partial charge on any atom is 0.239 e. The van der Waals surface area contributed by atoms with Crippen LogP contribution in [-0.4, -0.2) is 26.1 Å². The van der Waals surface area contributed by atoms with Gasteiger partial charge in [-0.1, -0.05) is 35.5 Å². The van der Waals surface area contributed by atoms with E-state index in [0.29, 0.717) is 15.3 Å². The van der Waals surface area contributed by atoms with E-state index in [1.807, 2.05) is 56.5 Å². The second-order valence-electron chi connectivity index (χ2n) is 5.73. The van der Waals surface area contributed by atoms with Gasteiger partial charge in [0, 0.05) is 27.4 Å². The number of hydrogen-bond donors (Lipinski definition) is 1. The second-order valence-corrected chi connectivity index (χ2v) is 8.33. The van der Waals surface area contributed by atoms with Crippen molar-refractivity contribution >= 4 is 45.7 Å². The average molecular weight is 405 g/mol. The number of nitrogens with one attached hydrogen (secondary N) is 1.